The average molecular weight is 350 g/mol. The lowest BCUT2D eigenvalue weighted by Crippen LogP contribution is -2.22. The van der Waals surface area contributed by atoms with Gasteiger partial charge >= 0.3 is 0 Å². The molecule has 118 valence electrons. The van der Waals surface area contributed by atoms with E-state index in [1.165, 1.54) is 11.3 Å². The lowest BCUT2D eigenvalue weighted by Gasteiger charge is -2.05. The van der Waals surface area contributed by atoms with E-state index in [9.17, 15) is 4.79 Å². The van der Waals surface area contributed by atoms with Gasteiger partial charge in [0.25, 0.3) is 5.91 Å². The molecule has 24 heavy (non-hydrogen) atoms. The molecule has 0 spiro atoms. The Morgan fingerprint density at radius 3 is 2.62 bits per heavy atom. The summed E-state index contributed by atoms with van der Waals surface area (Å²) in [4.78, 5) is 17.9. The second-order valence-electron chi connectivity index (χ2n) is 5.29. The molecule has 2 heterocycles. The number of amides is 1. The van der Waals surface area contributed by atoms with Crippen molar-refractivity contribution in [3.63, 3.8) is 0 Å². The zero-order valence-electron chi connectivity index (χ0n) is 12.7. The molecule has 0 radical (unpaired) electrons. The summed E-state index contributed by atoms with van der Waals surface area (Å²) in [6.45, 7) is 0.449. The van der Waals surface area contributed by atoms with Crippen molar-refractivity contribution in [2.45, 2.75) is 6.54 Å². The second-order valence-corrected chi connectivity index (χ2v) is 7.32. The normalized spacial score (nSPS) is 10.8. The van der Waals surface area contributed by atoms with Crippen molar-refractivity contribution in [2.24, 2.45) is 0 Å². The highest BCUT2D eigenvalue weighted by Gasteiger charge is 2.15. The van der Waals surface area contributed by atoms with Gasteiger partial charge in [-0.3, -0.25) is 4.79 Å². The standard InChI is InChI=1S/C19H14N2OS2/c22-19(18-14(10-11-23-18)13-6-2-1-3-7-13)20-12-17-21-15-8-4-5-9-16(15)24-17/h1-11H,12H2,(H,20,22). The van der Waals surface area contributed by atoms with Gasteiger partial charge in [-0.05, 0) is 29.1 Å². The van der Waals surface area contributed by atoms with Gasteiger partial charge in [0.05, 0.1) is 21.6 Å². The van der Waals surface area contributed by atoms with Gasteiger partial charge in [-0.15, -0.1) is 22.7 Å². The number of hydrogen-bond acceptors (Lipinski definition) is 4. The highest BCUT2D eigenvalue weighted by molar-refractivity contribution is 7.18. The van der Waals surface area contributed by atoms with Crippen LogP contribution in [-0.2, 0) is 6.54 Å². The Balaban J connectivity index is 1.52. The first-order valence-corrected chi connectivity index (χ1v) is 9.26. The summed E-state index contributed by atoms with van der Waals surface area (Å²) in [5.74, 6) is -0.0527. The van der Waals surface area contributed by atoms with Crippen LogP contribution in [0.2, 0.25) is 0 Å². The number of carbonyl (C=O) groups is 1. The fourth-order valence-electron chi connectivity index (χ4n) is 2.56. The third-order valence-electron chi connectivity index (χ3n) is 3.69. The Labute approximate surface area is 147 Å². The van der Waals surface area contributed by atoms with Gasteiger partial charge in [-0.1, -0.05) is 42.5 Å². The maximum atomic E-state index is 12.6. The summed E-state index contributed by atoms with van der Waals surface area (Å²) < 4.78 is 1.14. The molecule has 2 aromatic carbocycles. The summed E-state index contributed by atoms with van der Waals surface area (Å²) in [7, 11) is 0. The quantitative estimate of drug-likeness (QED) is 0.565. The third kappa shape index (κ3) is 2.96. The molecule has 1 N–H and O–H groups in total. The van der Waals surface area contributed by atoms with E-state index in [1.807, 2.05) is 66.0 Å². The van der Waals surface area contributed by atoms with Gasteiger partial charge in [0, 0.05) is 5.56 Å². The maximum absolute atomic E-state index is 12.6. The molecule has 3 nitrogen and oxygen atoms in total. The molecule has 0 saturated carbocycles. The number of fused-ring (bicyclic) bond motifs is 1. The van der Waals surface area contributed by atoms with Crippen LogP contribution in [-0.4, -0.2) is 10.9 Å². The topological polar surface area (TPSA) is 42.0 Å². The van der Waals surface area contributed by atoms with Crippen LogP contribution in [0.15, 0.2) is 66.0 Å². The third-order valence-corrected chi connectivity index (χ3v) is 5.64. The van der Waals surface area contributed by atoms with Crippen molar-refractivity contribution >= 4 is 38.8 Å². The molecule has 4 aromatic rings. The number of thiazole rings is 1. The summed E-state index contributed by atoms with van der Waals surface area (Å²) >= 11 is 3.08. The minimum atomic E-state index is -0.0527. The monoisotopic (exact) mass is 350 g/mol. The lowest BCUT2D eigenvalue weighted by molar-refractivity contribution is 0.0955. The summed E-state index contributed by atoms with van der Waals surface area (Å²) in [5.41, 5.74) is 3.01. The number of rotatable bonds is 4. The molecule has 0 atom stereocenters. The van der Waals surface area contributed by atoms with E-state index in [-0.39, 0.29) is 5.91 Å². The SMILES string of the molecule is O=C(NCc1nc2ccccc2s1)c1sccc1-c1ccccc1. The zero-order chi connectivity index (χ0) is 16.4. The molecule has 0 saturated heterocycles. The summed E-state index contributed by atoms with van der Waals surface area (Å²) in [6.07, 6.45) is 0. The number of hydrogen-bond donors (Lipinski definition) is 1. The van der Waals surface area contributed by atoms with E-state index in [2.05, 4.69) is 10.3 Å². The second kappa shape index (κ2) is 6.55. The summed E-state index contributed by atoms with van der Waals surface area (Å²) in [5, 5.41) is 5.86. The van der Waals surface area contributed by atoms with Crippen molar-refractivity contribution in [1.82, 2.24) is 10.3 Å². The minimum absolute atomic E-state index is 0.0527. The van der Waals surface area contributed by atoms with Gasteiger partial charge < -0.3 is 5.32 Å². The average Bonchev–Trinajstić information content (AvgIpc) is 3.27. The predicted octanol–water partition coefficient (Wildman–Crippen LogP) is 4.95. The molecule has 0 unspecified atom stereocenters. The van der Waals surface area contributed by atoms with Gasteiger partial charge in [0.1, 0.15) is 5.01 Å². The van der Waals surface area contributed by atoms with Crippen molar-refractivity contribution in [2.75, 3.05) is 0 Å². The van der Waals surface area contributed by atoms with Crippen LogP contribution in [0.1, 0.15) is 14.7 Å². The molecule has 5 heteroatoms. The Kier molecular flexibility index (Phi) is 4.11. The van der Waals surface area contributed by atoms with E-state index in [1.54, 1.807) is 11.3 Å². The van der Waals surface area contributed by atoms with E-state index in [0.29, 0.717) is 6.54 Å². The first kappa shape index (κ1) is 15.1. The van der Waals surface area contributed by atoms with Gasteiger partial charge in [0.2, 0.25) is 0 Å². The predicted molar refractivity (Wildman–Crippen MR) is 101 cm³/mol. The number of nitrogens with zero attached hydrogens (tertiary/aromatic N) is 1. The van der Waals surface area contributed by atoms with Crippen LogP contribution in [0.5, 0.6) is 0 Å². The molecule has 4 rings (SSSR count). The molecule has 1 amide bonds. The molecule has 0 aliphatic heterocycles. The first-order valence-electron chi connectivity index (χ1n) is 7.57. The molecule has 2 aromatic heterocycles. The smallest absolute Gasteiger partial charge is 0.262 e. The fourth-order valence-corrected chi connectivity index (χ4v) is 4.30. The van der Waals surface area contributed by atoms with Crippen LogP contribution in [0.3, 0.4) is 0 Å². The lowest BCUT2D eigenvalue weighted by atomic mass is 10.1. The Morgan fingerprint density at radius 2 is 1.79 bits per heavy atom. The maximum Gasteiger partial charge on any atom is 0.262 e. The molecular weight excluding hydrogens is 336 g/mol. The van der Waals surface area contributed by atoms with Crippen LogP contribution in [0, 0.1) is 0 Å². The van der Waals surface area contributed by atoms with Crippen LogP contribution in [0.4, 0.5) is 0 Å². The van der Waals surface area contributed by atoms with Gasteiger partial charge in [0.15, 0.2) is 0 Å². The van der Waals surface area contributed by atoms with E-state index >= 15 is 0 Å². The van der Waals surface area contributed by atoms with Crippen molar-refractivity contribution in [3.8, 4) is 11.1 Å². The number of thiophene rings is 1. The Hall–Kier alpha value is -2.50. The van der Waals surface area contributed by atoms with E-state index < -0.39 is 0 Å². The number of nitrogens with one attached hydrogen (secondary N) is 1. The van der Waals surface area contributed by atoms with E-state index in [0.717, 1.165) is 31.2 Å². The van der Waals surface area contributed by atoms with E-state index in [4.69, 9.17) is 0 Å². The largest absolute Gasteiger partial charge is 0.345 e. The number of aromatic nitrogens is 1. The van der Waals surface area contributed by atoms with Crippen molar-refractivity contribution in [1.29, 1.82) is 0 Å². The van der Waals surface area contributed by atoms with Crippen molar-refractivity contribution < 1.29 is 4.79 Å². The Bertz CT molecular complexity index is 956. The fraction of sp³-hybridized carbons (Fsp3) is 0.0526. The highest BCUT2D eigenvalue weighted by Crippen LogP contribution is 2.28. The van der Waals surface area contributed by atoms with Crippen LogP contribution in [0.25, 0.3) is 21.3 Å². The summed E-state index contributed by atoms with van der Waals surface area (Å²) in [6, 6.07) is 20.0. The zero-order valence-corrected chi connectivity index (χ0v) is 14.4. The molecular formula is C19H14N2OS2. The van der Waals surface area contributed by atoms with Crippen molar-refractivity contribution in [3.05, 3.63) is 75.9 Å². The van der Waals surface area contributed by atoms with Crippen LogP contribution < -0.4 is 5.32 Å². The molecule has 0 aliphatic carbocycles. The van der Waals surface area contributed by atoms with Gasteiger partial charge in [-0.2, -0.15) is 0 Å². The minimum Gasteiger partial charge on any atom is -0.345 e. The molecule has 0 bridgehead atoms. The first-order chi connectivity index (χ1) is 11.8. The molecule has 0 aliphatic rings. The van der Waals surface area contributed by atoms with Gasteiger partial charge in [-0.25, -0.2) is 4.98 Å². The Morgan fingerprint density at radius 1 is 1.00 bits per heavy atom. The number of para-hydroxylation sites is 1. The number of carbonyl (C=O) groups excluding carboxylic acids is 1. The number of benzene rings is 2. The molecule has 0 fully saturated rings. The van der Waals surface area contributed by atoms with Crippen LogP contribution >= 0.6 is 22.7 Å². The highest BCUT2D eigenvalue weighted by atomic mass is 32.1.